The van der Waals surface area contributed by atoms with E-state index in [1.807, 2.05) is 12.1 Å². The van der Waals surface area contributed by atoms with E-state index < -0.39 is 0 Å². The average molecular weight is 212 g/mol. The van der Waals surface area contributed by atoms with Gasteiger partial charge in [0.05, 0.1) is 0 Å². The SMILES string of the molecule is Nc1cccc(Oc2ccc([C]=O)cc2)c1. The monoisotopic (exact) mass is 212 g/mol. The summed E-state index contributed by atoms with van der Waals surface area (Å²) < 4.78 is 5.55. The molecule has 0 aliphatic heterocycles. The Morgan fingerprint density at radius 3 is 2.38 bits per heavy atom. The van der Waals surface area contributed by atoms with Crippen molar-refractivity contribution in [2.75, 3.05) is 5.73 Å². The standard InChI is InChI=1S/C13H10NO2/c14-11-2-1-3-13(8-11)16-12-6-4-10(9-15)5-7-12/h1-8H,14H2. The molecular weight excluding hydrogens is 202 g/mol. The van der Waals surface area contributed by atoms with E-state index in [1.54, 1.807) is 42.7 Å². The van der Waals surface area contributed by atoms with Crippen LogP contribution in [0.15, 0.2) is 48.5 Å². The highest BCUT2D eigenvalue weighted by atomic mass is 16.5. The molecule has 0 fully saturated rings. The van der Waals surface area contributed by atoms with Gasteiger partial charge in [-0.3, -0.25) is 4.79 Å². The molecule has 3 nitrogen and oxygen atoms in total. The van der Waals surface area contributed by atoms with E-state index in [0.29, 0.717) is 22.7 Å². The molecular formula is C13H10NO2. The lowest BCUT2D eigenvalue weighted by Crippen LogP contribution is -1.88. The fraction of sp³-hybridized carbons (Fsp3) is 0. The van der Waals surface area contributed by atoms with Crippen LogP contribution in [0.3, 0.4) is 0 Å². The Morgan fingerprint density at radius 2 is 1.75 bits per heavy atom. The largest absolute Gasteiger partial charge is 0.457 e. The van der Waals surface area contributed by atoms with E-state index in [9.17, 15) is 4.79 Å². The van der Waals surface area contributed by atoms with E-state index in [2.05, 4.69) is 0 Å². The molecule has 3 heteroatoms. The summed E-state index contributed by atoms with van der Waals surface area (Å²) in [4.78, 5) is 10.3. The number of rotatable bonds is 3. The van der Waals surface area contributed by atoms with Gasteiger partial charge in [0.25, 0.3) is 0 Å². The molecule has 0 amide bonds. The number of ether oxygens (including phenoxy) is 1. The Balaban J connectivity index is 2.17. The number of nitrogen functional groups attached to an aromatic ring is 1. The summed E-state index contributed by atoms with van der Waals surface area (Å²) >= 11 is 0. The lowest BCUT2D eigenvalue weighted by molar-refractivity contribution is 0.483. The van der Waals surface area contributed by atoms with Crippen LogP contribution in [0.25, 0.3) is 0 Å². The molecule has 2 rings (SSSR count). The Kier molecular flexibility index (Phi) is 2.87. The summed E-state index contributed by atoms with van der Waals surface area (Å²) in [5.74, 6) is 1.33. The lowest BCUT2D eigenvalue weighted by Gasteiger charge is -2.05. The van der Waals surface area contributed by atoms with Crippen molar-refractivity contribution < 1.29 is 9.53 Å². The van der Waals surface area contributed by atoms with E-state index in [-0.39, 0.29) is 0 Å². The molecule has 2 aromatic carbocycles. The van der Waals surface area contributed by atoms with Gasteiger partial charge in [-0.15, -0.1) is 0 Å². The number of anilines is 1. The van der Waals surface area contributed by atoms with Crippen LogP contribution in [-0.2, 0) is 4.79 Å². The van der Waals surface area contributed by atoms with Crippen LogP contribution >= 0.6 is 0 Å². The van der Waals surface area contributed by atoms with Gasteiger partial charge in [0, 0.05) is 17.3 Å². The van der Waals surface area contributed by atoms with Gasteiger partial charge < -0.3 is 10.5 Å². The van der Waals surface area contributed by atoms with Crippen LogP contribution in [0.1, 0.15) is 5.56 Å². The lowest BCUT2D eigenvalue weighted by atomic mass is 10.2. The van der Waals surface area contributed by atoms with Crippen LogP contribution in [0.5, 0.6) is 11.5 Å². The van der Waals surface area contributed by atoms with E-state index in [0.717, 1.165) is 0 Å². The first-order chi connectivity index (χ1) is 7.78. The van der Waals surface area contributed by atoms with Crippen molar-refractivity contribution in [3.63, 3.8) is 0 Å². The highest BCUT2D eigenvalue weighted by Crippen LogP contribution is 2.22. The number of hydrogen-bond donors (Lipinski definition) is 1. The minimum absolute atomic E-state index is 0.500. The molecule has 16 heavy (non-hydrogen) atoms. The molecule has 0 spiro atoms. The third-order valence-electron chi connectivity index (χ3n) is 2.07. The predicted molar refractivity (Wildman–Crippen MR) is 62.2 cm³/mol. The van der Waals surface area contributed by atoms with Gasteiger partial charge in [-0.2, -0.15) is 0 Å². The van der Waals surface area contributed by atoms with Crippen molar-refractivity contribution in [1.82, 2.24) is 0 Å². The van der Waals surface area contributed by atoms with Gasteiger partial charge in [-0.05, 0) is 36.4 Å². The van der Waals surface area contributed by atoms with Crippen molar-refractivity contribution in [1.29, 1.82) is 0 Å². The fourth-order valence-corrected chi connectivity index (χ4v) is 1.31. The van der Waals surface area contributed by atoms with Gasteiger partial charge in [0.2, 0.25) is 6.29 Å². The summed E-state index contributed by atoms with van der Waals surface area (Å²) in [5.41, 5.74) is 6.77. The zero-order valence-electron chi connectivity index (χ0n) is 8.51. The van der Waals surface area contributed by atoms with Gasteiger partial charge in [-0.25, -0.2) is 0 Å². The Bertz CT molecular complexity index is 492. The van der Waals surface area contributed by atoms with Crippen molar-refractivity contribution in [3.05, 3.63) is 54.1 Å². The maximum atomic E-state index is 10.3. The van der Waals surface area contributed by atoms with Crippen molar-refractivity contribution >= 4 is 12.0 Å². The quantitative estimate of drug-likeness (QED) is 0.795. The van der Waals surface area contributed by atoms with E-state index in [4.69, 9.17) is 10.5 Å². The number of benzene rings is 2. The Labute approximate surface area is 93.5 Å². The van der Waals surface area contributed by atoms with E-state index in [1.165, 1.54) is 0 Å². The van der Waals surface area contributed by atoms with Crippen molar-refractivity contribution in [3.8, 4) is 11.5 Å². The second-order valence-corrected chi connectivity index (χ2v) is 3.30. The minimum Gasteiger partial charge on any atom is -0.457 e. The third-order valence-corrected chi connectivity index (χ3v) is 2.07. The maximum absolute atomic E-state index is 10.3. The molecule has 0 aliphatic rings. The predicted octanol–water partition coefficient (Wildman–Crippen LogP) is 2.52. The summed E-state index contributed by atoms with van der Waals surface area (Å²) in [6.45, 7) is 0. The second kappa shape index (κ2) is 4.49. The molecule has 0 saturated carbocycles. The maximum Gasteiger partial charge on any atom is 0.233 e. The molecule has 0 heterocycles. The number of hydrogen-bond acceptors (Lipinski definition) is 3. The summed E-state index contributed by atoms with van der Waals surface area (Å²) in [6.07, 6.45) is 1.80. The van der Waals surface area contributed by atoms with Gasteiger partial charge in [0.15, 0.2) is 0 Å². The van der Waals surface area contributed by atoms with Gasteiger partial charge in [-0.1, -0.05) is 6.07 Å². The summed E-state index contributed by atoms with van der Waals surface area (Å²) in [5, 5.41) is 0. The summed E-state index contributed by atoms with van der Waals surface area (Å²) in [6, 6.07) is 13.9. The van der Waals surface area contributed by atoms with Crippen LogP contribution in [0.2, 0.25) is 0 Å². The van der Waals surface area contributed by atoms with Crippen LogP contribution < -0.4 is 10.5 Å². The molecule has 79 valence electrons. The highest BCUT2D eigenvalue weighted by molar-refractivity contribution is 5.75. The molecule has 0 bridgehead atoms. The zero-order chi connectivity index (χ0) is 11.4. The third kappa shape index (κ3) is 2.39. The Morgan fingerprint density at radius 1 is 1.00 bits per heavy atom. The topological polar surface area (TPSA) is 52.3 Å². The smallest absolute Gasteiger partial charge is 0.233 e. The minimum atomic E-state index is 0.500. The first-order valence-electron chi connectivity index (χ1n) is 4.79. The molecule has 0 aliphatic carbocycles. The molecule has 2 aromatic rings. The molecule has 0 atom stereocenters. The average Bonchev–Trinajstić information content (AvgIpc) is 2.30. The van der Waals surface area contributed by atoms with Crippen LogP contribution in [0, 0.1) is 0 Å². The van der Waals surface area contributed by atoms with Crippen LogP contribution in [-0.4, -0.2) is 6.29 Å². The first kappa shape index (κ1) is 10.2. The number of nitrogens with two attached hydrogens (primary N) is 1. The normalized spacial score (nSPS) is 9.75. The molecule has 1 radical (unpaired) electrons. The molecule has 0 aromatic heterocycles. The molecule has 0 saturated heterocycles. The van der Waals surface area contributed by atoms with Gasteiger partial charge >= 0.3 is 0 Å². The fourth-order valence-electron chi connectivity index (χ4n) is 1.31. The second-order valence-electron chi connectivity index (χ2n) is 3.30. The molecule has 0 unspecified atom stereocenters. The van der Waals surface area contributed by atoms with Crippen LogP contribution in [0.4, 0.5) is 5.69 Å². The summed E-state index contributed by atoms with van der Waals surface area (Å²) in [7, 11) is 0. The highest BCUT2D eigenvalue weighted by Gasteiger charge is 1.98. The van der Waals surface area contributed by atoms with Crippen molar-refractivity contribution in [2.24, 2.45) is 0 Å². The van der Waals surface area contributed by atoms with Crippen molar-refractivity contribution in [2.45, 2.75) is 0 Å². The molecule has 2 N–H and O–H groups in total. The van der Waals surface area contributed by atoms with E-state index >= 15 is 0 Å². The first-order valence-corrected chi connectivity index (χ1v) is 4.79. The Hall–Kier alpha value is -2.29. The van der Waals surface area contributed by atoms with Gasteiger partial charge in [0.1, 0.15) is 11.5 Å². The zero-order valence-corrected chi connectivity index (χ0v) is 8.51. The number of carbonyl (C=O) groups excluding carboxylic acids is 1.